The third-order valence-electron chi connectivity index (χ3n) is 6.33. The van der Waals surface area contributed by atoms with Gasteiger partial charge in [0, 0.05) is 0 Å². The van der Waals surface area contributed by atoms with E-state index in [9.17, 15) is 20.4 Å². The summed E-state index contributed by atoms with van der Waals surface area (Å²) in [6.07, 6.45) is 1.51. The number of aliphatic hydroxyl groups excluding tert-OH is 3. The summed E-state index contributed by atoms with van der Waals surface area (Å²) < 4.78 is 13.3. The van der Waals surface area contributed by atoms with Crippen LogP contribution < -0.4 is 5.32 Å². The van der Waals surface area contributed by atoms with Crippen LogP contribution in [0.5, 0.6) is 5.75 Å². The standard InChI is InChI=1S/C22H27N5O6/c28-8-16-18(30)19(31)22(33-16)27-11-25-17-20(23-10-24-21(17)27)26-14-2-1-3-15(14)32-9-12-4-6-13(29)7-5-12/h4-7,10-11,14-16,18-19,22,28-31H,1-3,8-9H2,(H,23,24,26)/t14-,15-,16-,18-,19-,22-/m1/s1. The van der Waals surface area contributed by atoms with Crippen LogP contribution in [-0.2, 0) is 16.1 Å². The van der Waals surface area contributed by atoms with Gasteiger partial charge in [-0.05, 0) is 37.0 Å². The molecule has 5 rings (SSSR count). The Bertz CT molecular complexity index is 1090. The fourth-order valence-electron chi connectivity index (χ4n) is 4.52. The molecule has 1 saturated heterocycles. The lowest BCUT2D eigenvalue weighted by Crippen LogP contribution is -2.33. The first-order chi connectivity index (χ1) is 16.0. The lowest BCUT2D eigenvalue weighted by atomic mass is 10.1. The summed E-state index contributed by atoms with van der Waals surface area (Å²) in [4.78, 5) is 13.1. The van der Waals surface area contributed by atoms with E-state index in [0.29, 0.717) is 23.6 Å². The SMILES string of the molecule is OC[C@H]1O[C@@H](n2cnc3c(N[C@@H]4CCC[C@H]4OCc4ccc(O)cc4)ncnc32)[C@H](O)[C@@H]1O. The fourth-order valence-corrected chi connectivity index (χ4v) is 4.52. The summed E-state index contributed by atoms with van der Waals surface area (Å²) in [5, 5.41) is 42.7. The third-order valence-corrected chi connectivity index (χ3v) is 6.33. The number of fused-ring (bicyclic) bond motifs is 1. The molecule has 176 valence electrons. The summed E-state index contributed by atoms with van der Waals surface area (Å²) in [5.41, 5.74) is 1.95. The van der Waals surface area contributed by atoms with Gasteiger partial charge in [0.2, 0.25) is 0 Å². The average molecular weight is 457 g/mol. The number of rotatable bonds is 7. The van der Waals surface area contributed by atoms with Crippen molar-refractivity contribution in [2.24, 2.45) is 0 Å². The second-order valence-electron chi connectivity index (χ2n) is 8.47. The minimum atomic E-state index is -1.22. The van der Waals surface area contributed by atoms with Gasteiger partial charge >= 0.3 is 0 Å². The average Bonchev–Trinajstić information content (AvgIpc) is 3.52. The highest BCUT2D eigenvalue weighted by Crippen LogP contribution is 2.33. The van der Waals surface area contributed by atoms with E-state index in [1.54, 1.807) is 16.7 Å². The monoisotopic (exact) mass is 457 g/mol. The van der Waals surface area contributed by atoms with Crippen molar-refractivity contribution >= 4 is 17.0 Å². The first kappa shape index (κ1) is 22.0. The van der Waals surface area contributed by atoms with Gasteiger partial charge in [-0.15, -0.1) is 0 Å². The lowest BCUT2D eigenvalue weighted by molar-refractivity contribution is -0.0511. The number of nitrogens with zero attached hydrogens (tertiary/aromatic N) is 4. The predicted molar refractivity (Wildman–Crippen MR) is 116 cm³/mol. The molecule has 1 aromatic carbocycles. The van der Waals surface area contributed by atoms with E-state index >= 15 is 0 Å². The van der Waals surface area contributed by atoms with Crippen LogP contribution in [0.15, 0.2) is 36.9 Å². The normalized spacial score (nSPS) is 29.7. The molecule has 0 bridgehead atoms. The molecular weight excluding hydrogens is 430 g/mol. The van der Waals surface area contributed by atoms with Gasteiger partial charge < -0.3 is 35.2 Å². The van der Waals surface area contributed by atoms with Crippen LogP contribution in [-0.4, -0.2) is 77.0 Å². The summed E-state index contributed by atoms with van der Waals surface area (Å²) in [7, 11) is 0. The van der Waals surface area contributed by atoms with Gasteiger partial charge in [0.1, 0.15) is 30.4 Å². The number of hydrogen-bond acceptors (Lipinski definition) is 10. The van der Waals surface area contributed by atoms with E-state index in [2.05, 4.69) is 20.3 Å². The number of phenolic OH excluding ortho intramolecular Hbond substituents is 1. The maximum absolute atomic E-state index is 10.4. The molecule has 33 heavy (non-hydrogen) atoms. The van der Waals surface area contributed by atoms with Crippen molar-refractivity contribution in [3.8, 4) is 5.75 Å². The smallest absolute Gasteiger partial charge is 0.167 e. The van der Waals surface area contributed by atoms with Crippen LogP contribution in [0, 0.1) is 0 Å². The Balaban J connectivity index is 1.31. The minimum absolute atomic E-state index is 0.00801. The molecule has 2 fully saturated rings. The Labute approximate surface area is 189 Å². The molecule has 5 N–H and O–H groups in total. The van der Waals surface area contributed by atoms with Gasteiger partial charge in [0.15, 0.2) is 23.2 Å². The van der Waals surface area contributed by atoms with Crippen molar-refractivity contribution < 1.29 is 29.9 Å². The minimum Gasteiger partial charge on any atom is -0.508 e. The van der Waals surface area contributed by atoms with Crippen molar-refractivity contribution in [3.05, 3.63) is 42.5 Å². The van der Waals surface area contributed by atoms with E-state index in [-0.39, 0.29) is 17.9 Å². The number of imidazole rings is 1. The number of anilines is 1. The molecule has 2 aromatic heterocycles. The molecule has 3 aromatic rings. The molecule has 0 unspecified atom stereocenters. The number of phenols is 1. The second kappa shape index (κ2) is 9.20. The molecule has 1 aliphatic heterocycles. The maximum Gasteiger partial charge on any atom is 0.167 e. The Morgan fingerprint density at radius 2 is 1.91 bits per heavy atom. The highest BCUT2D eigenvalue weighted by Gasteiger charge is 2.44. The molecule has 6 atom stereocenters. The van der Waals surface area contributed by atoms with E-state index in [1.807, 2.05) is 12.1 Å². The van der Waals surface area contributed by atoms with Gasteiger partial charge in [-0.2, -0.15) is 0 Å². The van der Waals surface area contributed by atoms with Crippen LogP contribution in [0.25, 0.3) is 11.2 Å². The first-order valence-corrected chi connectivity index (χ1v) is 11.0. The fraction of sp³-hybridized carbons (Fsp3) is 0.500. The molecule has 0 spiro atoms. The van der Waals surface area contributed by atoms with E-state index < -0.39 is 31.1 Å². The van der Waals surface area contributed by atoms with Gasteiger partial charge in [-0.3, -0.25) is 4.57 Å². The van der Waals surface area contributed by atoms with E-state index in [0.717, 1.165) is 24.8 Å². The molecular formula is C22H27N5O6. The Morgan fingerprint density at radius 3 is 2.67 bits per heavy atom. The van der Waals surface area contributed by atoms with Gasteiger partial charge in [0.05, 0.1) is 31.7 Å². The Morgan fingerprint density at radius 1 is 1.09 bits per heavy atom. The molecule has 3 heterocycles. The molecule has 2 aliphatic rings. The van der Waals surface area contributed by atoms with E-state index in [4.69, 9.17) is 9.47 Å². The number of aromatic nitrogens is 4. The van der Waals surface area contributed by atoms with Crippen molar-refractivity contribution in [1.82, 2.24) is 19.5 Å². The van der Waals surface area contributed by atoms with Crippen molar-refractivity contribution in [2.75, 3.05) is 11.9 Å². The lowest BCUT2D eigenvalue weighted by Gasteiger charge is -2.22. The molecule has 0 amide bonds. The van der Waals surface area contributed by atoms with Gasteiger partial charge in [-0.25, -0.2) is 15.0 Å². The third kappa shape index (κ3) is 4.25. The molecule has 1 saturated carbocycles. The zero-order valence-corrected chi connectivity index (χ0v) is 17.9. The zero-order chi connectivity index (χ0) is 22.9. The Kier molecular flexibility index (Phi) is 6.13. The number of benzene rings is 1. The second-order valence-corrected chi connectivity index (χ2v) is 8.47. The summed E-state index contributed by atoms with van der Waals surface area (Å²) in [6, 6.07) is 7.00. The molecule has 1 aliphatic carbocycles. The van der Waals surface area contributed by atoms with Crippen LogP contribution >= 0.6 is 0 Å². The quantitative estimate of drug-likeness (QED) is 0.342. The highest BCUT2D eigenvalue weighted by atomic mass is 16.6. The van der Waals surface area contributed by atoms with Crippen molar-refractivity contribution in [3.63, 3.8) is 0 Å². The van der Waals surface area contributed by atoms with Crippen molar-refractivity contribution in [2.45, 2.75) is 62.6 Å². The summed E-state index contributed by atoms with van der Waals surface area (Å²) >= 11 is 0. The number of aromatic hydroxyl groups is 1. The van der Waals surface area contributed by atoms with Gasteiger partial charge in [0.25, 0.3) is 0 Å². The Hall–Kier alpha value is -2.83. The van der Waals surface area contributed by atoms with Crippen LogP contribution in [0.1, 0.15) is 31.1 Å². The number of ether oxygens (including phenoxy) is 2. The largest absolute Gasteiger partial charge is 0.508 e. The van der Waals surface area contributed by atoms with Crippen LogP contribution in [0.2, 0.25) is 0 Å². The van der Waals surface area contributed by atoms with Crippen molar-refractivity contribution in [1.29, 1.82) is 0 Å². The van der Waals surface area contributed by atoms with Gasteiger partial charge in [-0.1, -0.05) is 12.1 Å². The predicted octanol–water partition coefficient (Wildman–Crippen LogP) is 0.693. The highest BCUT2D eigenvalue weighted by molar-refractivity contribution is 5.82. The first-order valence-electron chi connectivity index (χ1n) is 11.0. The molecule has 0 radical (unpaired) electrons. The van der Waals surface area contributed by atoms with E-state index in [1.165, 1.54) is 12.7 Å². The number of nitrogens with one attached hydrogen (secondary N) is 1. The summed E-state index contributed by atoms with van der Waals surface area (Å²) in [5.74, 6) is 0.777. The number of aliphatic hydroxyl groups is 3. The zero-order valence-electron chi connectivity index (χ0n) is 17.9. The maximum atomic E-state index is 10.4. The summed E-state index contributed by atoms with van der Waals surface area (Å²) in [6.45, 7) is 0.0402. The molecule has 11 nitrogen and oxygen atoms in total. The molecule has 11 heteroatoms. The van der Waals surface area contributed by atoms with Crippen LogP contribution in [0.4, 0.5) is 5.82 Å². The topological polar surface area (TPSA) is 155 Å². The number of hydrogen-bond donors (Lipinski definition) is 5. The van der Waals surface area contributed by atoms with Crippen LogP contribution in [0.3, 0.4) is 0 Å².